The van der Waals surface area contributed by atoms with Crippen molar-refractivity contribution in [3.8, 4) is 6.07 Å². The van der Waals surface area contributed by atoms with Gasteiger partial charge in [-0.1, -0.05) is 23.3 Å². The largest absolute Gasteiger partial charge is 0.295 e. The lowest BCUT2D eigenvalue weighted by Crippen LogP contribution is -2.34. The van der Waals surface area contributed by atoms with Crippen LogP contribution in [0.5, 0.6) is 0 Å². The van der Waals surface area contributed by atoms with Crippen LogP contribution >= 0.6 is 11.6 Å². The molecule has 1 heterocycles. The molecule has 1 fully saturated rings. The molecule has 0 aromatic rings. The zero-order valence-electron chi connectivity index (χ0n) is 10.4. The van der Waals surface area contributed by atoms with Crippen LogP contribution in [0.25, 0.3) is 0 Å². The highest BCUT2D eigenvalue weighted by Gasteiger charge is 2.53. The molecule has 2 aliphatic rings. The zero-order valence-corrected chi connectivity index (χ0v) is 11.2. The highest BCUT2D eigenvalue weighted by Crippen LogP contribution is 2.45. The topological polar surface area (TPSA) is 70.0 Å². The Balaban J connectivity index is 2.29. The van der Waals surface area contributed by atoms with E-state index in [0.29, 0.717) is 17.9 Å². The van der Waals surface area contributed by atoms with E-state index in [1.807, 2.05) is 13.0 Å². The number of carbonyl (C=O) groups excluding carboxylic acids is 2. The molecule has 0 aromatic carbocycles. The van der Waals surface area contributed by atoms with Crippen LogP contribution in [0.15, 0.2) is 34.9 Å². The summed E-state index contributed by atoms with van der Waals surface area (Å²) in [5.74, 6) is -1.10. The fraction of sp³-hybridized carbons (Fsp3) is 0.357. The first kappa shape index (κ1) is 13.6. The first-order valence-corrected chi connectivity index (χ1v) is 6.34. The number of amides is 2. The lowest BCUT2D eigenvalue weighted by atomic mass is 9.71. The minimum atomic E-state index is -0.909. The van der Waals surface area contributed by atoms with E-state index in [2.05, 4.69) is 5.32 Å². The number of allylic oxidation sites excluding steroid dienone is 4. The van der Waals surface area contributed by atoms with E-state index in [-0.39, 0.29) is 11.8 Å². The van der Waals surface area contributed by atoms with Crippen LogP contribution in [0, 0.1) is 22.7 Å². The van der Waals surface area contributed by atoms with Gasteiger partial charge in [-0.05, 0) is 31.9 Å². The van der Waals surface area contributed by atoms with E-state index >= 15 is 0 Å². The number of hydrogen-bond donors (Lipinski definition) is 1. The highest BCUT2D eigenvalue weighted by atomic mass is 35.5. The van der Waals surface area contributed by atoms with E-state index in [1.54, 1.807) is 18.2 Å². The molecule has 1 saturated heterocycles. The Labute approximate surface area is 116 Å². The minimum Gasteiger partial charge on any atom is -0.295 e. The molecular weight excluding hydrogens is 264 g/mol. The van der Waals surface area contributed by atoms with E-state index in [4.69, 9.17) is 16.9 Å². The lowest BCUT2D eigenvalue weighted by molar-refractivity contribution is -0.127. The molecule has 2 atom stereocenters. The summed E-state index contributed by atoms with van der Waals surface area (Å²) in [4.78, 5) is 23.9. The third kappa shape index (κ3) is 2.34. The van der Waals surface area contributed by atoms with E-state index < -0.39 is 11.3 Å². The van der Waals surface area contributed by atoms with Crippen molar-refractivity contribution in [3.63, 3.8) is 0 Å². The molecule has 98 valence electrons. The molecule has 19 heavy (non-hydrogen) atoms. The van der Waals surface area contributed by atoms with Gasteiger partial charge in [0, 0.05) is 11.1 Å². The van der Waals surface area contributed by atoms with Crippen LogP contribution in [-0.2, 0) is 9.59 Å². The fourth-order valence-corrected chi connectivity index (χ4v) is 2.77. The first-order chi connectivity index (χ1) is 8.99. The first-order valence-electron chi connectivity index (χ1n) is 5.97. The second kappa shape index (κ2) is 5.02. The van der Waals surface area contributed by atoms with Gasteiger partial charge in [-0.25, -0.2) is 0 Å². The van der Waals surface area contributed by atoms with Crippen LogP contribution in [-0.4, -0.2) is 11.8 Å². The number of halogens is 1. The van der Waals surface area contributed by atoms with Crippen molar-refractivity contribution in [2.24, 2.45) is 11.3 Å². The van der Waals surface area contributed by atoms with Crippen molar-refractivity contribution < 1.29 is 9.59 Å². The minimum absolute atomic E-state index is 0.288. The molecule has 5 heteroatoms. The highest BCUT2D eigenvalue weighted by molar-refractivity contribution is 6.32. The average molecular weight is 277 g/mol. The smallest absolute Gasteiger partial charge is 0.237 e. The Morgan fingerprint density at radius 1 is 1.63 bits per heavy atom. The van der Waals surface area contributed by atoms with Gasteiger partial charge in [0.05, 0.1) is 17.4 Å². The number of rotatable bonds is 3. The Bertz CT molecular complexity index is 568. The molecule has 1 N–H and O–H groups in total. The molecule has 1 aliphatic carbocycles. The Kier molecular flexibility index (Phi) is 3.59. The van der Waals surface area contributed by atoms with E-state index in [0.717, 1.165) is 5.57 Å². The average Bonchev–Trinajstić information content (AvgIpc) is 2.59. The van der Waals surface area contributed by atoms with Crippen molar-refractivity contribution in [1.29, 1.82) is 5.26 Å². The summed E-state index contributed by atoms with van der Waals surface area (Å²) in [7, 11) is 0. The number of fused-ring (bicyclic) bond motifs is 1. The lowest BCUT2D eigenvalue weighted by Gasteiger charge is -2.29. The van der Waals surface area contributed by atoms with Crippen LogP contribution in [0.3, 0.4) is 0 Å². The van der Waals surface area contributed by atoms with Crippen LogP contribution in [0.1, 0.15) is 19.8 Å². The summed E-state index contributed by atoms with van der Waals surface area (Å²) in [5, 5.41) is 11.4. The molecule has 2 unspecified atom stereocenters. The van der Waals surface area contributed by atoms with Gasteiger partial charge in [-0.2, -0.15) is 5.26 Å². The molecule has 0 spiro atoms. The number of nitrogens with zero attached hydrogens (tertiary/aromatic N) is 1. The van der Waals surface area contributed by atoms with Crippen molar-refractivity contribution in [2.75, 3.05) is 0 Å². The maximum Gasteiger partial charge on any atom is 0.237 e. The van der Waals surface area contributed by atoms with Gasteiger partial charge in [0.1, 0.15) is 0 Å². The standard InChI is InChI=1S/C14H13ClN2O2/c1-9(5-7-16)4-6-14-8-10(15)2-3-11(14)12(18)17-13(14)19/h2-3,5,8,11H,4,6H2,1H3,(H,17,18,19)/b9-5+. The van der Waals surface area contributed by atoms with E-state index in [9.17, 15) is 9.59 Å². The summed E-state index contributed by atoms with van der Waals surface area (Å²) in [6, 6.07) is 1.96. The summed E-state index contributed by atoms with van der Waals surface area (Å²) in [6.07, 6.45) is 7.44. The van der Waals surface area contributed by atoms with Gasteiger partial charge in [0.2, 0.25) is 11.8 Å². The third-order valence-electron chi connectivity index (χ3n) is 3.58. The van der Waals surface area contributed by atoms with Gasteiger partial charge in [0.15, 0.2) is 0 Å². The molecule has 1 aliphatic heterocycles. The van der Waals surface area contributed by atoms with E-state index in [1.165, 1.54) is 6.08 Å². The van der Waals surface area contributed by atoms with Crippen molar-refractivity contribution in [2.45, 2.75) is 19.8 Å². The molecule has 0 radical (unpaired) electrons. The maximum absolute atomic E-state index is 12.1. The fourth-order valence-electron chi connectivity index (χ4n) is 2.51. The predicted molar refractivity (Wildman–Crippen MR) is 70.8 cm³/mol. The van der Waals surface area contributed by atoms with Crippen LogP contribution in [0.2, 0.25) is 0 Å². The summed E-state index contributed by atoms with van der Waals surface area (Å²) in [6.45, 7) is 1.83. The maximum atomic E-state index is 12.1. The number of imide groups is 1. The van der Waals surface area contributed by atoms with Crippen molar-refractivity contribution >= 4 is 23.4 Å². The molecule has 0 bridgehead atoms. The number of nitrogens with one attached hydrogen (secondary N) is 1. The number of hydrogen-bond acceptors (Lipinski definition) is 3. The number of nitriles is 1. The Morgan fingerprint density at radius 3 is 3.05 bits per heavy atom. The molecule has 0 saturated carbocycles. The second-order valence-corrected chi connectivity index (χ2v) is 5.28. The molecule has 2 rings (SSSR count). The van der Waals surface area contributed by atoms with Gasteiger partial charge in [-0.15, -0.1) is 0 Å². The second-order valence-electron chi connectivity index (χ2n) is 4.84. The number of carbonyl (C=O) groups is 2. The Morgan fingerprint density at radius 2 is 2.37 bits per heavy atom. The molecule has 2 amide bonds. The normalized spacial score (nSPS) is 29.6. The monoisotopic (exact) mass is 276 g/mol. The molecule has 0 aromatic heterocycles. The van der Waals surface area contributed by atoms with Gasteiger partial charge >= 0.3 is 0 Å². The van der Waals surface area contributed by atoms with Gasteiger partial charge in [-0.3, -0.25) is 14.9 Å². The van der Waals surface area contributed by atoms with Crippen molar-refractivity contribution in [3.05, 3.63) is 34.9 Å². The van der Waals surface area contributed by atoms with Crippen molar-refractivity contribution in [1.82, 2.24) is 5.32 Å². The SMILES string of the molecule is C/C(=C\C#N)CCC12C=C(Cl)C=CC1C(=O)NC2=O. The van der Waals surface area contributed by atoms with Crippen LogP contribution in [0.4, 0.5) is 0 Å². The quantitative estimate of drug-likeness (QED) is 0.634. The summed E-state index contributed by atoms with van der Waals surface area (Å²) >= 11 is 5.98. The summed E-state index contributed by atoms with van der Waals surface area (Å²) in [5.41, 5.74) is -0.0325. The molecule has 4 nitrogen and oxygen atoms in total. The Hall–Kier alpha value is -1.86. The van der Waals surface area contributed by atoms with Crippen LogP contribution < -0.4 is 5.32 Å². The summed E-state index contributed by atoms with van der Waals surface area (Å²) < 4.78 is 0. The van der Waals surface area contributed by atoms with Gasteiger partial charge < -0.3 is 0 Å². The zero-order chi connectivity index (χ0) is 14.0. The molecular formula is C14H13ClN2O2. The predicted octanol–water partition coefficient (Wildman–Crippen LogP) is 2.19. The van der Waals surface area contributed by atoms with Gasteiger partial charge in [0.25, 0.3) is 0 Å². The third-order valence-corrected chi connectivity index (χ3v) is 3.82.